The van der Waals surface area contributed by atoms with Crippen molar-refractivity contribution >= 4 is 40.9 Å². The maximum Gasteiger partial charge on any atom is 0.323 e. The summed E-state index contributed by atoms with van der Waals surface area (Å²) in [5.74, 6) is -2.87. The van der Waals surface area contributed by atoms with Gasteiger partial charge < -0.3 is 15.2 Å². The van der Waals surface area contributed by atoms with E-state index in [1.54, 1.807) is 23.9 Å². The summed E-state index contributed by atoms with van der Waals surface area (Å²) in [5.41, 5.74) is 0.966. The Bertz CT molecular complexity index is 1190. The fraction of sp³-hybridized carbons (Fsp3) is 0.429. The highest BCUT2D eigenvalue weighted by molar-refractivity contribution is 8.00. The maximum absolute atomic E-state index is 13.1. The molecular formula is C21H18N2O6S2. The summed E-state index contributed by atoms with van der Waals surface area (Å²) in [6.45, 7) is -0.589. The zero-order chi connectivity index (χ0) is 21.6. The zero-order valence-electron chi connectivity index (χ0n) is 16.1. The van der Waals surface area contributed by atoms with Crippen LogP contribution in [0.25, 0.3) is 0 Å². The molecule has 3 fully saturated rings. The maximum atomic E-state index is 13.1. The summed E-state index contributed by atoms with van der Waals surface area (Å²) in [5, 5.41) is 19.8. The number of likely N-dealkylation sites (tertiary alicyclic amines) is 1. The first-order chi connectivity index (χ1) is 14.8. The first kappa shape index (κ1) is 19.1. The molecule has 1 aromatic heterocycles. The Morgan fingerprint density at radius 3 is 2.45 bits per heavy atom. The Labute approximate surface area is 184 Å². The van der Waals surface area contributed by atoms with Gasteiger partial charge in [0.15, 0.2) is 0 Å². The largest absolute Gasteiger partial charge is 0.508 e. The molecule has 2 aliphatic carbocycles. The molecule has 6 rings (SSSR count). The monoisotopic (exact) mass is 458 g/mol. The Hall–Kier alpha value is -2.59. The number of H-pyrrole nitrogens is 1. The minimum atomic E-state index is -1.19. The number of carboxylic acid groups (broad SMARTS) is 1. The third-order valence-corrected chi connectivity index (χ3v) is 9.95. The van der Waals surface area contributed by atoms with Crippen LogP contribution in [-0.4, -0.2) is 49.7 Å². The van der Waals surface area contributed by atoms with Gasteiger partial charge in [-0.2, -0.15) is 0 Å². The second kappa shape index (κ2) is 6.46. The van der Waals surface area contributed by atoms with Crippen LogP contribution in [-0.2, 0) is 14.4 Å². The lowest BCUT2D eigenvalue weighted by Crippen LogP contribution is -2.42. The predicted octanol–water partition coefficient (Wildman–Crippen LogP) is 1.70. The number of aromatic amines is 1. The summed E-state index contributed by atoms with van der Waals surface area (Å²) in [4.78, 5) is 54.1. The molecule has 0 spiro atoms. The third-order valence-electron chi connectivity index (χ3n) is 7.36. The molecule has 2 bridgehead atoms. The Morgan fingerprint density at radius 1 is 1.10 bits per heavy atom. The minimum Gasteiger partial charge on any atom is -0.508 e. The Kier molecular flexibility index (Phi) is 3.98. The van der Waals surface area contributed by atoms with Crippen molar-refractivity contribution in [2.75, 3.05) is 6.54 Å². The van der Waals surface area contributed by atoms with Crippen molar-refractivity contribution in [3.8, 4) is 5.75 Å². The number of thioether (sulfide) groups is 1. The summed E-state index contributed by atoms with van der Waals surface area (Å²) < 4.78 is 0. The van der Waals surface area contributed by atoms with Gasteiger partial charge in [0.2, 0.25) is 11.8 Å². The number of carboxylic acids is 1. The highest BCUT2D eigenvalue weighted by atomic mass is 32.2. The van der Waals surface area contributed by atoms with Gasteiger partial charge in [-0.15, -0.1) is 11.8 Å². The van der Waals surface area contributed by atoms with E-state index in [-0.39, 0.29) is 51.4 Å². The number of aromatic nitrogens is 1. The van der Waals surface area contributed by atoms with Gasteiger partial charge in [0, 0.05) is 16.0 Å². The average Bonchev–Trinajstić information content (AvgIpc) is 3.44. The topological polar surface area (TPSA) is 128 Å². The van der Waals surface area contributed by atoms with Crippen molar-refractivity contribution in [2.24, 2.45) is 29.6 Å². The van der Waals surface area contributed by atoms with Crippen LogP contribution in [0.3, 0.4) is 0 Å². The molecule has 2 saturated carbocycles. The summed E-state index contributed by atoms with van der Waals surface area (Å²) >= 11 is 2.76. The summed E-state index contributed by atoms with van der Waals surface area (Å²) in [6, 6.07) is 6.94. The van der Waals surface area contributed by atoms with E-state index in [4.69, 9.17) is 5.11 Å². The van der Waals surface area contributed by atoms with Gasteiger partial charge in [-0.1, -0.05) is 23.5 Å². The SMILES string of the molecule is O=C(O)CN1C(=O)[C@@H]2[C@H]3C[C@@H]([C@H]4Sc5[nH]c(=O)sc5[C@H](c5ccc(O)cc5)[C@@H]34)[C@H]2C1=O. The second-order valence-electron chi connectivity index (χ2n) is 8.71. The average molecular weight is 459 g/mol. The number of benzene rings is 1. The quantitative estimate of drug-likeness (QED) is 0.597. The minimum absolute atomic E-state index is 0.0311. The van der Waals surface area contributed by atoms with Crippen LogP contribution in [0, 0.1) is 29.6 Å². The van der Waals surface area contributed by atoms with E-state index in [1.807, 2.05) is 12.1 Å². The molecule has 3 N–H and O–H groups in total. The fourth-order valence-corrected chi connectivity index (χ4v) is 9.31. The van der Waals surface area contributed by atoms with E-state index in [1.165, 1.54) is 11.3 Å². The number of thiazole rings is 1. The number of imide groups is 1. The van der Waals surface area contributed by atoms with Gasteiger partial charge in [-0.3, -0.25) is 24.1 Å². The standard InChI is InChI=1S/C21H18N2O6S2/c24-8-3-1-7(2-4-8)12-13-9-5-10(16(13)30-18-17(12)31-21(29)22-18)15-14(9)19(27)23(20(15)28)6-11(25)26/h1-4,9-10,12-16,24H,5-6H2,(H,22,29)(H,25,26)/t9-,10+,12+,13+,14+,15+,16+/m0/s1. The Balaban J connectivity index is 1.45. The number of nitrogens with one attached hydrogen (secondary N) is 1. The van der Waals surface area contributed by atoms with Gasteiger partial charge >= 0.3 is 10.8 Å². The lowest BCUT2D eigenvalue weighted by molar-refractivity contribution is -0.149. The normalized spacial score (nSPS) is 35.2. The van der Waals surface area contributed by atoms with Gasteiger partial charge in [0.25, 0.3) is 0 Å². The molecule has 160 valence electrons. The van der Waals surface area contributed by atoms with Crippen LogP contribution in [0.4, 0.5) is 0 Å². The van der Waals surface area contributed by atoms with Crippen LogP contribution in [0.1, 0.15) is 22.8 Å². The number of hydrogen-bond donors (Lipinski definition) is 3. The van der Waals surface area contributed by atoms with Crippen LogP contribution in [0.5, 0.6) is 5.75 Å². The number of carbonyl (C=O) groups excluding carboxylic acids is 2. The lowest BCUT2D eigenvalue weighted by atomic mass is 9.68. The smallest absolute Gasteiger partial charge is 0.323 e. The van der Waals surface area contributed by atoms with E-state index in [9.17, 15) is 24.3 Å². The van der Waals surface area contributed by atoms with E-state index in [0.29, 0.717) is 0 Å². The van der Waals surface area contributed by atoms with Gasteiger partial charge in [-0.25, -0.2) is 0 Å². The van der Waals surface area contributed by atoms with E-state index < -0.39 is 24.3 Å². The molecule has 10 heteroatoms. The molecule has 1 saturated heterocycles. The molecule has 31 heavy (non-hydrogen) atoms. The van der Waals surface area contributed by atoms with Crippen molar-refractivity contribution < 1.29 is 24.6 Å². The summed E-state index contributed by atoms with van der Waals surface area (Å²) in [7, 11) is 0. The number of carbonyl (C=O) groups is 3. The number of amides is 2. The van der Waals surface area contributed by atoms with Crippen LogP contribution >= 0.6 is 23.1 Å². The molecule has 3 heterocycles. The van der Waals surface area contributed by atoms with Crippen LogP contribution in [0.2, 0.25) is 0 Å². The van der Waals surface area contributed by atoms with Crippen LogP contribution < -0.4 is 4.87 Å². The van der Waals surface area contributed by atoms with Gasteiger partial charge in [-0.05, 0) is 41.9 Å². The Morgan fingerprint density at radius 2 is 1.77 bits per heavy atom. The summed E-state index contributed by atoms with van der Waals surface area (Å²) in [6.07, 6.45) is 0.754. The van der Waals surface area contributed by atoms with Crippen molar-refractivity contribution in [2.45, 2.75) is 22.6 Å². The van der Waals surface area contributed by atoms with Crippen molar-refractivity contribution in [3.05, 3.63) is 44.4 Å². The van der Waals surface area contributed by atoms with Crippen molar-refractivity contribution in [1.82, 2.24) is 9.88 Å². The van der Waals surface area contributed by atoms with Crippen LogP contribution in [0.15, 0.2) is 34.1 Å². The van der Waals surface area contributed by atoms with Crippen molar-refractivity contribution in [3.63, 3.8) is 0 Å². The number of aliphatic carboxylic acids is 1. The molecule has 4 aliphatic rings. The third kappa shape index (κ3) is 2.54. The van der Waals surface area contributed by atoms with Gasteiger partial charge in [0.05, 0.1) is 16.9 Å². The number of aromatic hydroxyl groups is 1. The fourth-order valence-electron chi connectivity index (χ4n) is 6.42. The number of nitrogens with zero attached hydrogens (tertiary/aromatic N) is 1. The molecule has 1 aromatic carbocycles. The van der Waals surface area contributed by atoms with E-state index in [0.717, 1.165) is 26.8 Å². The molecular weight excluding hydrogens is 440 g/mol. The van der Waals surface area contributed by atoms with E-state index in [2.05, 4.69) is 4.98 Å². The molecule has 2 amide bonds. The lowest BCUT2D eigenvalue weighted by Gasteiger charge is -2.43. The number of rotatable bonds is 3. The molecule has 2 aromatic rings. The number of phenolic OH excluding ortho intramolecular Hbond substituents is 1. The molecule has 2 aliphatic heterocycles. The molecule has 7 atom stereocenters. The molecule has 0 unspecified atom stereocenters. The first-order valence-electron chi connectivity index (χ1n) is 10.1. The molecule has 0 radical (unpaired) electrons. The first-order valence-corrected chi connectivity index (χ1v) is 11.8. The number of fused-ring (bicyclic) bond motifs is 9. The van der Waals surface area contributed by atoms with E-state index >= 15 is 0 Å². The molecule has 8 nitrogen and oxygen atoms in total. The second-order valence-corrected chi connectivity index (χ2v) is 10.9. The highest BCUT2D eigenvalue weighted by Crippen LogP contribution is 2.68. The van der Waals surface area contributed by atoms with Gasteiger partial charge in [0.1, 0.15) is 12.3 Å². The predicted molar refractivity (Wildman–Crippen MR) is 111 cm³/mol. The highest BCUT2D eigenvalue weighted by Gasteiger charge is 2.69. The zero-order valence-corrected chi connectivity index (χ0v) is 17.7. The number of hydrogen-bond acceptors (Lipinski definition) is 7. The van der Waals surface area contributed by atoms with Crippen molar-refractivity contribution in [1.29, 1.82) is 0 Å². The number of phenols is 1.